The maximum atomic E-state index is 11.2. The zero-order valence-electron chi connectivity index (χ0n) is 8.06. The Hall–Kier alpha value is -1.99. The summed E-state index contributed by atoms with van der Waals surface area (Å²) in [5, 5.41) is 2.73. The van der Waals surface area contributed by atoms with Crippen LogP contribution in [0.4, 0.5) is 5.13 Å². The van der Waals surface area contributed by atoms with Crippen molar-refractivity contribution in [2.75, 3.05) is 5.32 Å². The Bertz CT molecular complexity index is 518. The van der Waals surface area contributed by atoms with Gasteiger partial charge in [0.2, 0.25) is 0 Å². The Morgan fingerprint density at radius 2 is 2.00 bits per heavy atom. The molecule has 0 spiro atoms. The van der Waals surface area contributed by atoms with Gasteiger partial charge < -0.3 is 0 Å². The van der Waals surface area contributed by atoms with Gasteiger partial charge in [-0.3, -0.25) is 20.3 Å². The zero-order valence-corrected chi connectivity index (χ0v) is 8.88. The molecule has 0 aliphatic heterocycles. The number of rotatable bonds is 1. The topological polar surface area (TPSA) is 97.1 Å². The molecular formula is C9H8N4O2S. The molecule has 0 radical (unpaired) electrons. The second kappa shape index (κ2) is 4.25. The van der Waals surface area contributed by atoms with E-state index in [0.29, 0.717) is 5.13 Å². The Labute approximate surface area is 94.4 Å². The number of benzene rings is 1. The van der Waals surface area contributed by atoms with E-state index in [1.54, 1.807) is 5.43 Å². The third-order valence-corrected chi connectivity index (χ3v) is 2.80. The molecule has 2 aromatic rings. The van der Waals surface area contributed by atoms with Crippen molar-refractivity contribution in [3.05, 3.63) is 24.3 Å². The van der Waals surface area contributed by atoms with Crippen molar-refractivity contribution in [2.45, 2.75) is 0 Å². The van der Waals surface area contributed by atoms with Crippen LogP contribution in [0.25, 0.3) is 10.2 Å². The molecule has 0 saturated heterocycles. The molecule has 82 valence electrons. The normalized spacial score (nSPS) is 10.1. The van der Waals surface area contributed by atoms with Gasteiger partial charge in [0.15, 0.2) is 5.13 Å². The Kier molecular flexibility index (Phi) is 2.80. The highest BCUT2D eigenvalue weighted by atomic mass is 32.1. The van der Waals surface area contributed by atoms with Crippen LogP contribution in [0.15, 0.2) is 24.3 Å². The minimum absolute atomic E-state index is 0.370. The van der Waals surface area contributed by atoms with E-state index in [4.69, 9.17) is 5.84 Å². The quantitative estimate of drug-likeness (QED) is 0.285. The molecule has 1 aromatic heterocycles. The van der Waals surface area contributed by atoms with Gasteiger partial charge in [0.1, 0.15) is 0 Å². The lowest BCUT2D eigenvalue weighted by Crippen LogP contribution is -2.39. The van der Waals surface area contributed by atoms with Crippen LogP contribution >= 0.6 is 11.3 Å². The van der Waals surface area contributed by atoms with E-state index in [2.05, 4.69) is 10.3 Å². The van der Waals surface area contributed by atoms with E-state index in [1.807, 2.05) is 24.3 Å². The largest absolute Gasteiger partial charge is 0.323 e. The van der Waals surface area contributed by atoms with Gasteiger partial charge in [-0.2, -0.15) is 0 Å². The highest BCUT2D eigenvalue weighted by molar-refractivity contribution is 7.22. The van der Waals surface area contributed by atoms with Crippen LogP contribution in [0, 0.1) is 0 Å². The maximum absolute atomic E-state index is 11.2. The number of nitrogens with zero attached hydrogens (tertiary/aromatic N) is 1. The van der Waals surface area contributed by atoms with Gasteiger partial charge in [-0.05, 0) is 12.1 Å². The summed E-state index contributed by atoms with van der Waals surface area (Å²) >= 11 is 1.29. The van der Waals surface area contributed by atoms with E-state index < -0.39 is 11.8 Å². The fourth-order valence-corrected chi connectivity index (χ4v) is 2.01. The summed E-state index contributed by atoms with van der Waals surface area (Å²) in [7, 11) is 0. The minimum Gasteiger partial charge on any atom is -0.294 e. The molecule has 4 N–H and O–H groups in total. The van der Waals surface area contributed by atoms with Gasteiger partial charge in [0.05, 0.1) is 10.2 Å². The van der Waals surface area contributed by atoms with Gasteiger partial charge in [0, 0.05) is 0 Å². The minimum atomic E-state index is -0.903. The summed E-state index contributed by atoms with van der Waals surface area (Å²) in [5.41, 5.74) is 2.52. The molecular weight excluding hydrogens is 228 g/mol. The molecule has 2 rings (SSSR count). The summed E-state index contributed by atoms with van der Waals surface area (Å²) in [5.74, 6) is 3.09. The summed E-state index contributed by atoms with van der Waals surface area (Å²) in [6.45, 7) is 0. The van der Waals surface area contributed by atoms with Gasteiger partial charge in [-0.25, -0.2) is 10.8 Å². The van der Waals surface area contributed by atoms with Crippen molar-refractivity contribution in [1.82, 2.24) is 10.4 Å². The predicted octanol–water partition coefficient (Wildman–Crippen LogP) is 0.225. The number of carbonyl (C=O) groups is 2. The summed E-state index contributed by atoms with van der Waals surface area (Å²) in [6, 6.07) is 7.43. The highest BCUT2D eigenvalue weighted by Crippen LogP contribution is 2.25. The molecule has 0 aliphatic rings. The monoisotopic (exact) mass is 236 g/mol. The lowest BCUT2D eigenvalue weighted by molar-refractivity contribution is -0.136. The van der Waals surface area contributed by atoms with E-state index in [0.717, 1.165) is 10.2 Å². The molecule has 0 fully saturated rings. The number of nitrogens with one attached hydrogen (secondary N) is 2. The molecule has 0 aliphatic carbocycles. The summed E-state index contributed by atoms with van der Waals surface area (Å²) in [6.07, 6.45) is 0. The molecule has 1 heterocycles. The smallest absolute Gasteiger partial charge is 0.294 e. The van der Waals surface area contributed by atoms with Crippen LogP contribution in [-0.2, 0) is 9.59 Å². The average molecular weight is 236 g/mol. The summed E-state index contributed by atoms with van der Waals surface area (Å²) < 4.78 is 0.936. The average Bonchev–Trinajstić information content (AvgIpc) is 2.69. The predicted molar refractivity (Wildman–Crippen MR) is 60.6 cm³/mol. The molecule has 0 bridgehead atoms. The molecule has 16 heavy (non-hydrogen) atoms. The van der Waals surface area contributed by atoms with Crippen molar-refractivity contribution < 1.29 is 9.59 Å². The van der Waals surface area contributed by atoms with Crippen LogP contribution in [0.5, 0.6) is 0 Å². The van der Waals surface area contributed by atoms with Crippen LogP contribution in [0.2, 0.25) is 0 Å². The van der Waals surface area contributed by atoms with Crippen molar-refractivity contribution in [3.8, 4) is 0 Å². The number of hydrazine groups is 1. The molecule has 0 unspecified atom stereocenters. The molecule has 0 atom stereocenters. The van der Waals surface area contributed by atoms with Crippen molar-refractivity contribution in [3.63, 3.8) is 0 Å². The number of fused-ring (bicyclic) bond motifs is 1. The number of carbonyl (C=O) groups excluding carboxylic acids is 2. The van der Waals surface area contributed by atoms with Crippen molar-refractivity contribution in [1.29, 1.82) is 0 Å². The number of anilines is 1. The Morgan fingerprint density at radius 3 is 2.69 bits per heavy atom. The number of thiazole rings is 1. The van der Waals surface area contributed by atoms with Gasteiger partial charge in [-0.15, -0.1) is 0 Å². The molecule has 7 heteroatoms. The van der Waals surface area contributed by atoms with E-state index in [9.17, 15) is 9.59 Å². The molecule has 6 nitrogen and oxygen atoms in total. The standard InChI is InChI=1S/C9H8N4O2S/c10-13-8(15)7(14)12-9-11-5-3-1-2-4-6(5)16-9/h1-4H,10H2,(H,13,15)(H,11,12,14). The van der Waals surface area contributed by atoms with Crippen LogP contribution in [0.1, 0.15) is 0 Å². The first-order valence-electron chi connectivity index (χ1n) is 4.38. The van der Waals surface area contributed by atoms with E-state index in [-0.39, 0.29) is 0 Å². The number of hydrogen-bond acceptors (Lipinski definition) is 5. The first kappa shape index (κ1) is 10.5. The fraction of sp³-hybridized carbons (Fsp3) is 0. The SMILES string of the molecule is NNC(=O)C(=O)Nc1nc2ccccc2s1. The number of nitrogens with two attached hydrogens (primary N) is 1. The van der Waals surface area contributed by atoms with Gasteiger partial charge in [0.25, 0.3) is 0 Å². The second-order valence-electron chi connectivity index (χ2n) is 2.91. The number of hydrogen-bond donors (Lipinski definition) is 3. The van der Waals surface area contributed by atoms with E-state index >= 15 is 0 Å². The molecule has 1 aromatic carbocycles. The first-order valence-corrected chi connectivity index (χ1v) is 5.20. The van der Waals surface area contributed by atoms with E-state index in [1.165, 1.54) is 11.3 Å². The first-order chi connectivity index (χ1) is 7.70. The highest BCUT2D eigenvalue weighted by Gasteiger charge is 2.13. The fourth-order valence-electron chi connectivity index (χ4n) is 1.15. The van der Waals surface area contributed by atoms with Crippen molar-refractivity contribution in [2.24, 2.45) is 5.84 Å². The third-order valence-electron chi connectivity index (χ3n) is 1.85. The van der Waals surface area contributed by atoms with Gasteiger partial charge >= 0.3 is 11.8 Å². The van der Waals surface area contributed by atoms with Gasteiger partial charge in [-0.1, -0.05) is 23.5 Å². The van der Waals surface area contributed by atoms with Crippen LogP contribution in [-0.4, -0.2) is 16.8 Å². The van der Waals surface area contributed by atoms with Crippen LogP contribution in [0.3, 0.4) is 0 Å². The maximum Gasteiger partial charge on any atom is 0.323 e. The lowest BCUT2D eigenvalue weighted by Gasteiger charge is -1.97. The zero-order chi connectivity index (χ0) is 11.5. The number of aromatic nitrogens is 1. The Morgan fingerprint density at radius 1 is 1.25 bits per heavy atom. The van der Waals surface area contributed by atoms with Crippen LogP contribution < -0.4 is 16.6 Å². The Balaban J connectivity index is 2.22. The molecule has 0 saturated carbocycles. The van der Waals surface area contributed by atoms with Crippen molar-refractivity contribution >= 4 is 38.5 Å². The number of amides is 2. The third kappa shape index (κ3) is 2.00. The lowest BCUT2D eigenvalue weighted by atomic mass is 10.3. The number of para-hydroxylation sites is 1. The second-order valence-corrected chi connectivity index (χ2v) is 3.94. The molecule has 2 amide bonds. The summed E-state index contributed by atoms with van der Waals surface area (Å²) in [4.78, 5) is 26.2.